The zero-order chi connectivity index (χ0) is 46.1. The minimum absolute atomic E-state index is 0.0857. The zero-order valence-corrected chi connectivity index (χ0v) is 41.0. The first-order chi connectivity index (χ1) is 31.7. The third-order valence-electron chi connectivity index (χ3n) is 15.4. The molecule has 0 aromatic heterocycles. The molecule has 0 N–H and O–H groups in total. The van der Waals surface area contributed by atoms with Gasteiger partial charge in [0.2, 0.25) is 0 Å². The summed E-state index contributed by atoms with van der Waals surface area (Å²) >= 11 is 0. The van der Waals surface area contributed by atoms with Gasteiger partial charge in [0.25, 0.3) is 0 Å². The molecule has 374 valence electrons. The minimum atomic E-state index is -1.22. The second kappa shape index (κ2) is 31.0. The summed E-state index contributed by atoms with van der Waals surface area (Å²) in [4.78, 5) is 52.6. The van der Waals surface area contributed by atoms with Crippen LogP contribution in [0.15, 0.2) is 0 Å². The van der Waals surface area contributed by atoms with E-state index in [2.05, 4.69) is 13.8 Å². The van der Waals surface area contributed by atoms with Gasteiger partial charge in [0.15, 0.2) is 0 Å². The Kier molecular flexibility index (Phi) is 25.6. The van der Waals surface area contributed by atoms with Gasteiger partial charge in [-0.3, -0.25) is 19.2 Å². The van der Waals surface area contributed by atoms with E-state index in [1.165, 1.54) is 89.9 Å². The second-order valence-electron chi connectivity index (χ2n) is 20.9. The van der Waals surface area contributed by atoms with E-state index in [0.29, 0.717) is 51.4 Å². The van der Waals surface area contributed by atoms with Crippen molar-refractivity contribution in [2.24, 2.45) is 23.7 Å². The lowest BCUT2D eigenvalue weighted by Gasteiger charge is -2.34. The van der Waals surface area contributed by atoms with Crippen LogP contribution in [0.3, 0.4) is 0 Å². The second-order valence-corrected chi connectivity index (χ2v) is 20.9. The van der Waals surface area contributed by atoms with E-state index in [1.54, 1.807) is 0 Å². The van der Waals surface area contributed by atoms with Crippen LogP contribution in [0, 0.1) is 23.7 Å². The molecule has 65 heavy (non-hydrogen) atoms. The smallest absolute Gasteiger partial charge is 0.309 e. The van der Waals surface area contributed by atoms with E-state index in [1.807, 2.05) is 0 Å². The summed E-state index contributed by atoms with van der Waals surface area (Å²) in [6.45, 7) is 6.12. The van der Waals surface area contributed by atoms with Gasteiger partial charge in [0, 0.05) is 32.5 Å². The molecule has 5 fully saturated rings. The monoisotopic (exact) mass is 919 g/mol. The summed E-state index contributed by atoms with van der Waals surface area (Å²) in [6, 6.07) is 0. The fourth-order valence-electron chi connectivity index (χ4n) is 11.1. The van der Waals surface area contributed by atoms with E-state index < -0.39 is 18.4 Å². The standard InChI is InChI=1S/C54H91FO10/c1-3-5-7-9-11-13-15-17-35-60-45-27-19-40(20-28-45)51(56)62-47-31-23-42(24-32-47)53(58)64-49-37-44(55)38-50(39-49)65-54(59)43-25-33-48(34-26-43)63-52(57)41-21-29-46(30-22-41)61-36-18-16-14-12-10-8-6-4-2/h40-50H,3-39H2,1-2H3. The highest BCUT2D eigenvalue weighted by molar-refractivity contribution is 5.74. The van der Waals surface area contributed by atoms with Gasteiger partial charge < -0.3 is 28.4 Å². The molecule has 0 bridgehead atoms. The molecule has 0 aromatic carbocycles. The van der Waals surface area contributed by atoms with Crippen molar-refractivity contribution in [2.45, 2.75) is 281 Å². The first-order valence-corrected chi connectivity index (χ1v) is 27.4. The molecule has 10 nitrogen and oxygen atoms in total. The van der Waals surface area contributed by atoms with Crippen molar-refractivity contribution in [3.05, 3.63) is 0 Å². The lowest BCUT2D eigenvalue weighted by atomic mass is 9.85. The summed E-state index contributed by atoms with van der Waals surface area (Å²) in [6.07, 6.45) is 30.1. The van der Waals surface area contributed by atoms with Crippen molar-refractivity contribution in [3.63, 3.8) is 0 Å². The van der Waals surface area contributed by atoms with E-state index in [9.17, 15) is 23.6 Å². The van der Waals surface area contributed by atoms with Gasteiger partial charge in [-0.15, -0.1) is 0 Å². The van der Waals surface area contributed by atoms with E-state index >= 15 is 0 Å². The van der Waals surface area contributed by atoms with Crippen LogP contribution in [0.2, 0.25) is 0 Å². The molecule has 2 unspecified atom stereocenters. The molecule has 0 aliphatic heterocycles. The maximum atomic E-state index is 14.9. The number of alkyl halides is 1. The first kappa shape index (κ1) is 53.7. The van der Waals surface area contributed by atoms with Gasteiger partial charge in [-0.25, -0.2) is 4.39 Å². The number of hydrogen-bond acceptors (Lipinski definition) is 10. The maximum absolute atomic E-state index is 14.9. The quantitative estimate of drug-likeness (QED) is 0.0426. The van der Waals surface area contributed by atoms with Crippen LogP contribution in [0.25, 0.3) is 0 Å². The van der Waals surface area contributed by atoms with Crippen LogP contribution < -0.4 is 0 Å². The third-order valence-corrected chi connectivity index (χ3v) is 15.4. The summed E-state index contributed by atoms with van der Waals surface area (Å²) in [5, 5.41) is 0. The van der Waals surface area contributed by atoms with Gasteiger partial charge >= 0.3 is 23.9 Å². The summed E-state index contributed by atoms with van der Waals surface area (Å²) < 4.78 is 50.8. The van der Waals surface area contributed by atoms with Gasteiger partial charge in [-0.2, -0.15) is 0 Å². The van der Waals surface area contributed by atoms with Crippen molar-refractivity contribution in [1.82, 2.24) is 0 Å². The van der Waals surface area contributed by atoms with E-state index in [0.717, 1.165) is 77.4 Å². The highest BCUT2D eigenvalue weighted by atomic mass is 19.1. The zero-order valence-electron chi connectivity index (χ0n) is 41.0. The van der Waals surface area contributed by atoms with Crippen molar-refractivity contribution in [1.29, 1.82) is 0 Å². The minimum Gasteiger partial charge on any atom is -0.462 e. The number of carbonyl (C=O) groups excluding carboxylic acids is 4. The Labute approximate surface area is 393 Å². The molecule has 5 saturated carbocycles. The number of halogens is 1. The fraction of sp³-hybridized carbons (Fsp3) is 0.926. The number of ether oxygens (including phenoxy) is 6. The molecule has 5 aliphatic carbocycles. The topological polar surface area (TPSA) is 124 Å². The Balaban J connectivity index is 0.882. The van der Waals surface area contributed by atoms with Crippen LogP contribution in [-0.4, -0.2) is 79.9 Å². The molecular formula is C54H91FO10. The predicted molar refractivity (Wildman–Crippen MR) is 251 cm³/mol. The fourth-order valence-corrected chi connectivity index (χ4v) is 11.1. The number of unbranched alkanes of at least 4 members (excludes halogenated alkanes) is 14. The molecule has 0 aromatic rings. The number of esters is 4. The van der Waals surface area contributed by atoms with Gasteiger partial charge in [-0.05, 0) is 116 Å². The molecule has 11 heteroatoms. The summed E-state index contributed by atoms with van der Waals surface area (Å²) in [5.74, 6) is -1.73. The average molecular weight is 919 g/mol. The number of hydrogen-bond donors (Lipinski definition) is 0. The lowest BCUT2D eigenvalue weighted by molar-refractivity contribution is -0.168. The van der Waals surface area contributed by atoms with Gasteiger partial charge in [0.1, 0.15) is 30.6 Å². The van der Waals surface area contributed by atoms with Crippen molar-refractivity contribution in [2.75, 3.05) is 13.2 Å². The molecule has 2 atom stereocenters. The Bertz CT molecular complexity index is 1230. The molecule has 0 radical (unpaired) electrons. The molecule has 0 saturated heterocycles. The number of rotatable bonds is 28. The first-order valence-electron chi connectivity index (χ1n) is 27.4. The van der Waals surface area contributed by atoms with E-state index in [4.69, 9.17) is 28.4 Å². The Morgan fingerprint density at radius 3 is 0.908 bits per heavy atom. The number of carbonyl (C=O) groups is 4. The van der Waals surface area contributed by atoms with E-state index in [-0.39, 0.29) is 91.2 Å². The van der Waals surface area contributed by atoms with Crippen molar-refractivity contribution < 1.29 is 52.0 Å². The molecule has 5 rings (SSSR count). The van der Waals surface area contributed by atoms with Crippen LogP contribution in [0.5, 0.6) is 0 Å². The molecule has 5 aliphatic rings. The van der Waals surface area contributed by atoms with Crippen LogP contribution in [0.4, 0.5) is 4.39 Å². The maximum Gasteiger partial charge on any atom is 0.309 e. The Hall–Kier alpha value is -2.27. The lowest BCUT2D eigenvalue weighted by Crippen LogP contribution is -2.39. The SMILES string of the molecule is CCCCCCCCCCOC1CCC(C(=O)OC2CCC(C(=O)OC3CC(F)CC(OC(=O)C4CCC(OC(=O)C5CCC(OCCCCCCCCCC)CC5)CC4)C3)CC2)CC1. The third kappa shape index (κ3) is 20.5. The average Bonchev–Trinajstić information content (AvgIpc) is 3.31. The highest BCUT2D eigenvalue weighted by Gasteiger charge is 2.39. The van der Waals surface area contributed by atoms with Crippen molar-refractivity contribution in [3.8, 4) is 0 Å². The van der Waals surface area contributed by atoms with Gasteiger partial charge in [-0.1, -0.05) is 104 Å². The van der Waals surface area contributed by atoms with Crippen LogP contribution in [0.1, 0.15) is 239 Å². The van der Waals surface area contributed by atoms with Crippen LogP contribution in [-0.2, 0) is 47.6 Å². The van der Waals surface area contributed by atoms with Crippen LogP contribution >= 0.6 is 0 Å². The largest absolute Gasteiger partial charge is 0.462 e. The predicted octanol–water partition coefficient (Wildman–Crippen LogP) is 13.0. The normalized spacial score (nSPS) is 30.8. The Morgan fingerprint density at radius 2 is 0.600 bits per heavy atom. The summed E-state index contributed by atoms with van der Waals surface area (Å²) in [5.41, 5.74) is 0. The Morgan fingerprint density at radius 1 is 0.338 bits per heavy atom. The molecule has 0 heterocycles. The highest BCUT2D eigenvalue weighted by Crippen LogP contribution is 2.36. The molecular weight excluding hydrogens is 828 g/mol. The molecule has 0 spiro atoms. The van der Waals surface area contributed by atoms with Crippen molar-refractivity contribution >= 4 is 23.9 Å². The summed E-state index contributed by atoms with van der Waals surface area (Å²) in [7, 11) is 0. The molecule has 0 amide bonds. The van der Waals surface area contributed by atoms with Gasteiger partial charge in [0.05, 0.1) is 35.9 Å².